The van der Waals surface area contributed by atoms with Gasteiger partial charge in [0, 0.05) is 17.3 Å². The molecule has 0 fully saturated rings. The Kier molecular flexibility index (Phi) is 3.32. The quantitative estimate of drug-likeness (QED) is 0.704. The molecule has 3 rings (SSSR count). The Hall–Kier alpha value is -2.07. The maximum absolute atomic E-state index is 5.27. The molecule has 0 aliphatic rings. The molecule has 3 aromatic rings. The van der Waals surface area contributed by atoms with Crippen molar-refractivity contribution in [2.75, 3.05) is 0 Å². The molecular weight excluding hydrogens is 266 g/mol. The second-order valence-electron chi connectivity index (χ2n) is 5.06. The highest BCUT2D eigenvalue weighted by Gasteiger charge is 2.09. The predicted molar refractivity (Wildman–Crippen MR) is 84.2 cm³/mol. The summed E-state index contributed by atoms with van der Waals surface area (Å²) in [5.74, 6) is 1.10. The number of H-pyrrole nitrogens is 1. The van der Waals surface area contributed by atoms with Gasteiger partial charge in [0.2, 0.25) is 0 Å². The highest BCUT2D eigenvalue weighted by molar-refractivity contribution is 7.71. The van der Waals surface area contributed by atoms with Crippen LogP contribution < -0.4 is 0 Å². The molecule has 20 heavy (non-hydrogen) atoms. The van der Waals surface area contributed by atoms with E-state index in [0.29, 0.717) is 10.6 Å². The fourth-order valence-corrected chi connectivity index (χ4v) is 2.43. The van der Waals surface area contributed by atoms with Crippen LogP contribution in [0.25, 0.3) is 22.3 Å². The van der Waals surface area contributed by atoms with Gasteiger partial charge in [0.05, 0.1) is 0 Å². The lowest BCUT2D eigenvalue weighted by Crippen LogP contribution is -1.99. The number of aromatic nitrogens is 3. The monoisotopic (exact) mass is 281 g/mol. The Bertz CT molecular complexity index is 816. The molecule has 0 bridgehead atoms. The summed E-state index contributed by atoms with van der Waals surface area (Å²) in [7, 11) is 0. The summed E-state index contributed by atoms with van der Waals surface area (Å²) < 4.78 is 0.595. The summed E-state index contributed by atoms with van der Waals surface area (Å²) in [6.45, 7) is 4.25. The van der Waals surface area contributed by atoms with Crippen LogP contribution in [0.15, 0.2) is 42.6 Å². The van der Waals surface area contributed by atoms with Crippen LogP contribution in [0, 0.1) is 4.64 Å². The maximum Gasteiger partial charge on any atom is 0.158 e. The molecule has 1 aromatic carbocycles. The molecule has 2 aromatic heterocycles. The third kappa shape index (κ3) is 2.34. The molecule has 0 saturated heterocycles. The summed E-state index contributed by atoms with van der Waals surface area (Å²) in [5.41, 5.74) is 1.92. The van der Waals surface area contributed by atoms with Gasteiger partial charge in [-0.1, -0.05) is 50.3 Å². The van der Waals surface area contributed by atoms with Crippen molar-refractivity contribution in [3.8, 4) is 11.5 Å². The zero-order valence-corrected chi connectivity index (χ0v) is 12.2. The highest BCUT2D eigenvalue weighted by Crippen LogP contribution is 2.24. The van der Waals surface area contributed by atoms with Crippen LogP contribution in [0.3, 0.4) is 0 Å². The number of nitrogens with one attached hydrogen (secondary N) is 1. The lowest BCUT2D eigenvalue weighted by molar-refractivity contribution is 0.814. The van der Waals surface area contributed by atoms with Crippen molar-refractivity contribution in [2.45, 2.75) is 19.8 Å². The van der Waals surface area contributed by atoms with Crippen LogP contribution in [0.2, 0.25) is 0 Å². The summed E-state index contributed by atoms with van der Waals surface area (Å²) in [4.78, 5) is 12.3. The van der Waals surface area contributed by atoms with Crippen LogP contribution in [0.5, 0.6) is 0 Å². The van der Waals surface area contributed by atoms with Gasteiger partial charge in [-0.2, -0.15) is 0 Å². The highest BCUT2D eigenvalue weighted by atomic mass is 32.1. The van der Waals surface area contributed by atoms with E-state index in [0.717, 1.165) is 28.0 Å². The first-order valence-corrected chi connectivity index (χ1v) is 7.01. The van der Waals surface area contributed by atoms with E-state index in [2.05, 4.69) is 40.9 Å². The van der Waals surface area contributed by atoms with Gasteiger partial charge in [-0.3, -0.25) is 4.98 Å². The largest absolute Gasteiger partial charge is 0.342 e. The number of rotatable bonds is 2. The van der Waals surface area contributed by atoms with Gasteiger partial charge >= 0.3 is 0 Å². The van der Waals surface area contributed by atoms with Gasteiger partial charge in [-0.05, 0) is 23.4 Å². The minimum absolute atomic E-state index is 0.369. The number of hydrogen-bond donors (Lipinski definition) is 1. The number of aromatic amines is 1. The van der Waals surface area contributed by atoms with E-state index in [1.165, 1.54) is 0 Å². The average molecular weight is 281 g/mol. The van der Waals surface area contributed by atoms with E-state index in [1.54, 1.807) is 6.20 Å². The first-order valence-electron chi connectivity index (χ1n) is 6.60. The van der Waals surface area contributed by atoms with Gasteiger partial charge in [-0.25, -0.2) is 4.98 Å². The Morgan fingerprint density at radius 1 is 1.15 bits per heavy atom. The third-order valence-electron chi connectivity index (χ3n) is 3.28. The molecule has 2 heterocycles. The number of hydrogen-bond acceptors (Lipinski definition) is 3. The molecule has 100 valence electrons. The van der Waals surface area contributed by atoms with E-state index in [4.69, 9.17) is 12.2 Å². The molecule has 0 atom stereocenters. The molecule has 0 saturated carbocycles. The van der Waals surface area contributed by atoms with Gasteiger partial charge in [0.25, 0.3) is 0 Å². The summed E-state index contributed by atoms with van der Waals surface area (Å²) in [6.07, 6.45) is 1.80. The normalized spacial score (nSPS) is 11.2. The molecule has 4 heteroatoms. The SMILES string of the molecule is CC(C)c1cc(=S)nc(-c2nccc3ccccc23)[nH]1. The van der Waals surface area contributed by atoms with E-state index in [9.17, 15) is 0 Å². The Morgan fingerprint density at radius 2 is 1.95 bits per heavy atom. The minimum atomic E-state index is 0.369. The molecule has 0 radical (unpaired) electrons. The molecule has 0 aliphatic carbocycles. The topological polar surface area (TPSA) is 41.6 Å². The van der Waals surface area contributed by atoms with E-state index in [-0.39, 0.29) is 0 Å². The molecule has 0 amide bonds. The molecular formula is C16H15N3S. The predicted octanol–water partition coefficient (Wildman–Crippen LogP) is 4.48. The first-order chi connectivity index (χ1) is 9.65. The minimum Gasteiger partial charge on any atom is -0.342 e. The molecule has 0 unspecified atom stereocenters. The number of benzene rings is 1. The van der Waals surface area contributed by atoms with Crippen molar-refractivity contribution in [3.63, 3.8) is 0 Å². The summed E-state index contributed by atoms with van der Waals surface area (Å²) >= 11 is 5.27. The second kappa shape index (κ2) is 5.13. The van der Waals surface area contributed by atoms with E-state index >= 15 is 0 Å². The number of nitrogens with zero attached hydrogens (tertiary/aromatic N) is 2. The van der Waals surface area contributed by atoms with Crippen LogP contribution in [0.4, 0.5) is 0 Å². The van der Waals surface area contributed by atoms with Crippen LogP contribution >= 0.6 is 12.2 Å². The number of pyridine rings is 1. The van der Waals surface area contributed by atoms with Crippen LogP contribution in [-0.2, 0) is 0 Å². The average Bonchev–Trinajstić information content (AvgIpc) is 2.46. The smallest absolute Gasteiger partial charge is 0.158 e. The van der Waals surface area contributed by atoms with Gasteiger partial charge < -0.3 is 4.98 Å². The van der Waals surface area contributed by atoms with E-state index in [1.807, 2.05) is 24.3 Å². The third-order valence-corrected chi connectivity index (χ3v) is 3.49. The lowest BCUT2D eigenvalue weighted by Gasteiger charge is -2.09. The van der Waals surface area contributed by atoms with Crippen molar-refractivity contribution in [1.29, 1.82) is 0 Å². The maximum atomic E-state index is 5.27. The zero-order valence-electron chi connectivity index (χ0n) is 11.4. The fourth-order valence-electron chi connectivity index (χ4n) is 2.21. The van der Waals surface area contributed by atoms with Crippen molar-refractivity contribution < 1.29 is 0 Å². The van der Waals surface area contributed by atoms with Gasteiger partial charge in [0.1, 0.15) is 10.3 Å². The van der Waals surface area contributed by atoms with Crippen molar-refractivity contribution >= 4 is 23.0 Å². The fraction of sp³-hybridized carbons (Fsp3) is 0.188. The lowest BCUT2D eigenvalue weighted by atomic mass is 10.1. The molecule has 1 N–H and O–H groups in total. The van der Waals surface area contributed by atoms with E-state index < -0.39 is 0 Å². The van der Waals surface area contributed by atoms with Crippen LogP contribution in [0.1, 0.15) is 25.5 Å². The van der Waals surface area contributed by atoms with Gasteiger partial charge in [0.15, 0.2) is 5.82 Å². The van der Waals surface area contributed by atoms with Crippen molar-refractivity contribution in [1.82, 2.24) is 15.0 Å². The summed E-state index contributed by atoms with van der Waals surface area (Å²) in [5, 5.41) is 2.22. The molecule has 3 nitrogen and oxygen atoms in total. The van der Waals surface area contributed by atoms with Crippen molar-refractivity contribution in [3.05, 3.63) is 52.9 Å². The summed E-state index contributed by atoms with van der Waals surface area (Å²) in [6, 6.07) is 12.1. The van der Waals surface area contributed by atoms with Gasteiger partial charge in [-0.15, -0.1) is 0 Å². The zero-order chi connectivity index (χ0) is 14.1. The first kappa shape index (κ1) is 12.9. The van der Waals surface area contributed by atoms with Crippen LogP contribution in [-0.4, -0.2) is 15.0 Å². The standard InChI is InChI=1S/C16H15N3S/c1-10(2)13-9-14(20)19-16(18-13)15-12-6-4-3-5-11(12)7-8-17-15/h3-10H,1-2H3,(H,18,19,20). The molecule has 0 aliphatic heterocycles. The van der Waals surface area contributed by atoms with Crippen molar-refractivity contribution in [2.24, 2.45) is 0 Å². The number of fused-ring (bicyclic) bond motifs is 1. The second-order valence-corrected chi connectivity index (χ2v) is 5.48. The molecule has 0 spiro atoms. The Balaban J connectivity index is 2.28. The Labute approximate surface area is 122 Å². The Morgan fingerprint density at radius 3 is 2.75 bits per heavy atom.